The molecule has 9 nitrogen and oxygen atoms in total. The van der Waals surface area contributed by atoms with Gasteiger partial charge in [-0.1, -0.05) is 41.7 Å². The lowest BCUT2D eigenvalue weighted by atomic mass is 9.95. The van der Waals surface area contributed by atoms with Gasteiger partial charge in [-0.15, -0.1) is 10.2 Å². The van der Waals surface area contributed by atoms with Crippen molar-refractivity contribution in [2.75, 3.05) is 13.1 Å². The molecule has 5 rings (SSSR count). The zero-order chi connectivity index (χ0) is 33.2. The number of nitrogens with zero attached hydrogens (tertiary/aromatic N) is 3. The topological polar surface area (TPSA) is 114 Å². The third-order valence-electron chi connectivity index (χ3n) is 8.05. The zero-order valence-corrected chi connectivity index (χ0v) is 27.1. The van der Waals surface area contributed by atoms with Gasteiger partial charge < -0.3 is 20.3 Å². The second kappa shape index (κ2) is 13.4. The summed E-state index contributed by atoms with van der Waals surface area (Å²) in [6.07, 6.45) is -1.65. The number of benzene rings is 2. The van der Waals surface area contributed by atoms with Gasteiger partial charge in [-0.2, -0.15) is 13.2 Å². The van der Waals surface area contributed by atoms with E-state index in [1.807, 2.05) is 11.8 Å². The van der Waals surface area contributed by atoms with E-state index in [-0.39, 0.29) is 35.2 Å². The molecule has 46 heavy (non-hydrogen) atoms. The molecule has 1 atom stereocenters. The highest BCUT2D eigenvalue weighted by Crippen LogP contribution is 2.36. The molecule has 1 aromatic heterocycles. The van der Waals surface area contributed by atoms with Crippen LogP contribution < -0.4 is 10.6 Å². The summed E-state index contributed by atoms with van der Waals surface area (Å²) in [6, 6.07) is 9.84. The number of alkyl halides is 3. The van der Waals surface area contributed by atoms with Crippen LogP contribution in [0.1, 0.15) is 96.8 Å². The predicted octanol–water partition coefficient (Wildman–Crippen LogP) is 6.86. The van der Waals surface area contributed by atoms with E-state index in [9.17, 15) is 27.6 Å². The number of nitrogens with one attached hydrogen (secondary N) is 2. The van der Waals surface area contributed by atoms with E-state index < -0.39 is 29.5 Å². The van der Waals surface area contributed by atoms with E-state index in [2.05, 4.69) is 20.8 Å². The van der Waals surface area contributed by atoms with Gasteiger partial charge in [-0.3, -0.25) is 9.59 Å². The van der Waals surface area contributed by atoms with Crippen LogP contribution in [-0.2, 0) is 22.3 Å². The van der Waals surface area contributed by atoms with Gasteiger partial charge in [0.15, 0.2) is 0 Å². The molecule has 2 aliphatic rings. The first-order chi connectivity index (χ1) is 21.7. The number of amides is 3. The molecule has 1 saturated carbocycles. The number of carbonyl (C=O) groups is 3. The van der Waals surface area contributed by atoms with Gasteiger partial charge in [0, 0.05) is 31.5 Å². The number of hydrogen-bond donors (Lipinski definition) is 2. The lowest BCUT2D eigenvalue weighted by Crippen LogP contribution is -2.38. The van der Waals surface area contributed by atoms with E-state index in [1.165, 1.54) is 17.4 Å². The number of halogens is 3. The minimum Gasteiger partial charge on any atom is -0.444 e. The van der Waals surface area contributed by atoms with Crippen molar-refractivity contribution in [3.05, 3.63) is 69.2 Å². The van der Waals surface area contributed by atoms with Crippen molar-refractivity contribution < 1.29 is 32.3 Å². The Morgan fingerprint density at radius 1 is 1.00 bits per heavy atom. The Bertz CT molecular complexity index is 1570. The van der Waals surface area contributed by atoms with Gasteiger partial charge >= 0.3 is 12.3 Å². The predicted molar refractivity (Wildman–Crippen MR) is 167 cm³/mol. The van der Waals surface area contributed by atoms with E-state index in [0.29, 0.717) is 29.8 Å². The summed E-state index contributed by atoms with van der Waals surface area (Å²) >= 11 is 1.26. The average molecular weight is 658 g/mol. The number of piperidine rings is 1. The van der Waals surface area contributed by atoms with E-state index in [0.717, 1.165) is 48.4 Å². The molecule has 13 heteroatoms. The molecule has 3 aromatic rings. The fourth-order valence-electron chi connectivity index (χ4n) is 5.38. The second-order valence-electron chi connectivity index (χ2n) is 12.9. The maximum Gasteiger partial charge on any atom is 0.416 e. The molecule has 1 aliphatic carbocycles. The Morgan fingerprint density at radius 3 is 2.28 bits per heavy atom. The highest BCUT2D eigenvalue weighted by molar-refractivity contribution is 7.13. The standard InChI is InChI=1S/C33H38F3N5O4S/c1-19(38-27(42)29-40-39-28(46-29)22-13-15-41(16-14-22)30(43)23-9-10-23)20-5-7-21(8-6-20)26-17-25(33(34,35)36)12-11-24(26)18-37-31(44)45-32(2,3)4/h5-8,11-12,17,19,22-23H,9-10,13-16,18H2,1-4H3,(H,37,44)(H,38,42)/t19-/m1/s1. The van der Waals surface area contributed by atoms with Crippen molar-refractivity contribution in [2.24, 2.45) is 5.92 Å². The van der Waals surface area contributed by atoms with E-state index >= 15 is 0 Å². The largest absolute Gasteiger partial charge is 0.444 e. The summed E-state index contributed by atoms with van der Waals surface area (Å²) in [5.41, 5.74) is 0.548. The Balaban J connectivity index is 1.22. The third-order valence-corrected chi connectivity index (χ3v) is 9.13. The Morgan fingerprint density at radius 2 is 1.67 bits per heavy atom. The molecule has 1 aliphatic heterocycles. The van der Waals surface area contributed by atoms with Crippen LogP contribution in [-0.4, -0.2) is 51.7 Å². The Labute approximate surface area is 269 Å². The van der Waals surface area contributed by atoms with Gasteiger partial charge in [0.05, 0.1) is 11.6 Å². The summed E-state index contributed by atoms with van der Waals surface area (Å²) in [5, 5.41) is 15.0. The van der Waals surface area contributed by atoms with Crippen molar-refractivity contribution in [1.82, 2.24) is 25.7 Å². The van der Waals surface area contributed by atoms with Crippen LogP contribution in [0.25, 0.3) is 11.1 Å². The molecule has 246 valence electrons. The van der Waals surface area contributed by atoms with Gasteiger partial charge in [0.25, 0.3) is 5.91 Å². The number of carbonyl (C=O) groups excluding carboxylic acids is 3. The maximum absolute atomic E-state index is 13.6. The molecule has 1 saturated heterocycles. The average Bonchev–Trinajstić information content (AvgIpc) is 3.74. The van der Waals surface area contributed by atoms with Crippen molar-refractivity contribution in [3.8, 4) is 11.1 Å². The second-order valence-corrected chi connectivity index (χ2v) is 13.9. The number of hydrogen-bond acceptors (Lipinski definition) is 7. The summed E-state index contributed by atoms with van der Waals surface area (Å²) in [6.45, 7) is 8.32. The molecule has 0 spiro atoms. The normalized spacial score (nSPS) is 16.5. The van der Waals surface area contributed by atoms with Crippen LogP contribution in [0.4, 0.5) is 18.0 Å². The highest BCUT2D eigenvalue weighted by Gasteiger charge is 2.36. The quantitative estimate of drug-likeness (QED) is 0.274. The molecule has 0 bridgehead atoms. The Kier molecular flexibility index (Phi) is 9.71. The number of likely N-dealkylation sites (tertiary alicyclic amines) is 1. The number of aromatic nitrogens is 2. The first-order valence-electron chi connectivity index (χ1n) is 15.4. The minimum absolute atomic E-state index is 0.0296. The van der Waals surface area contributed by atoms with Crippen LogP contribution in [0.2, 0.25) is 0 Å². The van der Waals surface area contributed by atoms with Gasteiger partial charge in [0.1, 0.15) is 10.6 Å². The molecular formula is C33H38F3N5O4S. The van der Waals surface area contributed by atoms with Crippen LogP contribution in [0.5, 0.6) is 0 Å². The van der Waals surface area contributed by atoms with E-state index in [1.54, 1.807) is 45.0 Å². The molecule has 3 amide bonds. The molecule has 0 radical (unpaired) electrons. The van der Waals surface area contributed by atoms with Gasteiger partial charge in [-0.05, 0) is 87.8 Å². The van der Waals surface area contributed by atoms with Crippen molar-refractivity contribution in [2.45, 2.75) is 83.7 Å². The SMILES string of the molecule is C[C@@H](NC(=O)c1nnc(C2CCN(C(=O)C3CC3)CC2)s1)c1ccc(-c2cc(C(F)(F)F)ccc2CNC(=O)OC(C)(C)C)cc1. The molecule has 2 aromatic carbocycles. The molecule has 2 heterocycles. The van der Waals surface area contributed by atoms with Crippen molar-refractivity contribution >= 4 is 29.2 Å². The number of alkyl carbamates (subject to hydrolysis) is 1. The molecule has 2 N–H and O–H groups in total. The zero-order valence-electron chi connectivity index (χ0n) is 26.2. The lowest BCUT2D eigenvalue weighted by molar-refractivity contribution is -0.137. The van der Waals surface area contributed by atoms with E-state index in [4.69, 9.17) is 4.74 Å². The fourth-order valence-corrected chi connectivity index (χ4v) is 6.29. The lowest BCUT2D eigenvalue weighted by Gasteiger charge is -2.31. The van der Waals surface area contributed by atoms with Crippen molar-refractivity contribution in [1.29, 1.82) is 0 Å². The fraction of sp³-hybridized carbons (Fsp3) is 0.485. The third kappa shape index (κ3) is 8.42. The summed E-state index contributed by atoms with van der Waals surface area (Å²) < 4.78 is 46.0. The van der Waals surface area contributed by atoms with Crippen LogP contribution in [0.15, 0.2) is 42.5 Å². The van der Waals surface area contributed by atoms with Gasteiger partial charge in [0.2, 0.25) is 10.9 Å². The van der Waals surface area contributed by atoms with Gasteiger partial charge in [-0.25, -0.2) is 4.79 Å². The summed E-state index contributed by atoms with van der Waals surface area (Å²) in [5.74, 6) is 0.253. The molecule has 2 fully saturated rings. The highest BCUT2D eigenvalue weighted by atomic mass is 32.1. The Hall–Kier alpha value is -4.00. The maximum atomic E-state index is 13.6. The van der Waals surface area contributed by atoms with Crippen molar-refractivity contribution in [3.63, 3.8) is 0 Å². The molecule has 0 unspecified atom stereocenters. The number of rotatable bonds is 8. The monoisotopic (exact) mass is 657 g/mol. The summed E-state index contributed by atoms with van der Waals surface area (Å²) in [4.78, 5) is 39.5. The smallest absolute Gasteiger partial charge is 0.416 e. The van der Waals surface area contributed by atoms with Crippen LogP contribution in [0.3, 0.4) is 0 Å². The molecular weight excluding hydrogens is 619 g/mol. The first-order valence-corrected chi connectivity index (χ1v) is 16.2. The first kappa shape index (κ1) is 33.4. The minimum atomic E-state index is -4.54. The number of ether oxygens (including phenoxy) is 1. The summed E-state index contributed by atoms with van der Waals surface area (Å²) in [7, 11) is 0. The van der Waals surface area contributed by atoms with Crippen LogP contribution >= 0.6 is 11.3 Å². The van der Waals surface area contributed by atoms with Crippen LogP contribution in [0, 0.1) is 5.92 Å².